The fraction of sp³-hybridized carbons (Fsp3) is 0.125. The van der Waals surface area contributed by atoms with Gasteiger partial charge < -0.3 is 10.6 Å². The van der Waals surface area contributed by atoms with Gasteiger partial charge in [-0.3, -0.25) is 19.5 Å². The van der Waals surface area contributed by atoms with Crippen molar-refractivity contribution in [3.8, 4) is 11.4 Å². The maximum Gasteiger partial charge on any atom is 0.319 e. The van der Waals surface area contributed by atoms with Gasteiger partial charge in [0, 0.05) is 36.5 Å². The van der Waals surface area contributed by atoms with E-state index in [-0.39, 0.29) is 24.2 Å². The first-order chi connectivity index (χ1) is 15.9. The number of aryl methyl sites for hydroxylation is 1. The zero-order valence-electron chi connectivity index (χ0n) is 17.8. The van der Waals surface area contributed by atoms with Crippen LogP contribution in [0.25, 0.3) is 22.3 Å². The van der Waals surface area contributed by atoms with Crippen LogP contribution < -0.4 is 16.2 Å². The average Bonchev–Trinajstić information content (AvgIpc) is 2.82. The number of amides is 2. The van der Waals surface area contributed by atoms with Gasteiger partial charge in [-0.1, -0.05) is 48.5 Å². The lowest BCUT2D eigenvalue weighted by Crippen LogP contribution is -2.34. The zero-order valence-corrected chi connectivity index (χ0v) is 17.8. The number of carbonyl (C=O) groups is 1. The average molecular weight is 443 g/mol. The highest BCUT2D eigenvalue weighted by atomic mass is 16.6. The summed E-state index contributed by atoms with van der Waals surface area (Å²) < 4.78 is 1.43. The number of anilines is 1. The number of non-ortho nitro benzene ring substituents is 1. The lowest BCUT2D eigenvalue weighted by Gasteiger charge is -2.15. The van der Waals surface area contributed by atoms with E-state index in [0.717, 1.165) is 11.1 Å². The zero-order chi connectivity index (χ0) is 23.4. The Morgan fingerprint density at radius 1 is 1.06 bits per heavy atom. The van der Waals surface area contributed by atoms with Crippen molar-refractivity contribution in [2.45, 2.75) is 13.5 Å². The summed E-state index contributed by atoms with van der Waals surface area (Å²) in [6, 6.07) is 20.2. The number of para-hydroxylation sites is 1. The van der Waals surface area contributed by atoms with E-state index >= 15 is 0 Å². The largest absolute Gasteiger partial charge is 0.336 e. The Bertz CT molecular complexity index is 1400. The number of nitro benzene ring substituents is 1. The maximum absolute atomic E-state index is 13.3. The molecule has 2 amide bonds. The van der Waals surface area contributed by atoms with Gasteiger partial charge >= 0.3 is 6.03 Å². The Hall–Kier alpha value is -4.53. The van der Waals surface area contributed by atoms with Gasteiger partial charge in [-0.25, -0.2) is 9.78 Å². The van der Waals surface area contributed by atoms with Crippen molar-refractivity contribution in [3.05, 3.63) is 98.8 Å². The Kier molecular flexibility index (Phi) is 6.12. The van der Waals surface area contributed by atoms with Crippen LogP contribution in [0.5, 0.6) is 0 Å². The number of nitro groups is 1. The van der Waals surface area contributed by atoms with Crippen LogP contribution in [0.15, 0.2) is 77.6 Å². The molecular formula is C24H21N5O4. The van der Waals surface area contributed by atoms with E-state index in [9.17, 15) is 19.7 Å². The second-order valence-corrected chi connectivity index (χ2v) is 7.41. The van der Waals surface area contributed by atoms with Crippen molar-refractivity contribution in [1.82, 2.24) is 14.9 Å². The minimum Gasteiger partial charge on any atom is -0.336 e. The molecule has 0 aliphatic carbocycles. The van der Waals surface area contributed by atoms with Crippen molar-refractivity contribution in [1.29, 1.82) is 0 Å². The van der Waals surface area contributed by atoms with Crippen molar-refractivity contribution >= 4 is 28.3 Å². The molecule has 4 rings (SSSR count). The number of fused-ring (bicyclic) bond motifs is 1. The number of carbonyl (C=O) groups excluding carboxylic acids is 1. The van der Waals surface area contributed by atoms with Gasteiger partial charge in [0.25, 0.3) is 11.2 Å². The molecule has 9 heteroatoms. The number of urea groups is 1. The van der Waals surface area contributed by atoms with Crippen molar-refractivity contribution in [3.63, 3.8) is 0 Å². The third-order valence-electron chi connectivity index (χ3n) is 5.19. The molecule has 4 aromatic rings. The van der Waals surface area contributed by atoms with E-state index in [1.165, 1.54) is 22.8 Å². The predicted octanol–water partition coefficient (Wildman–Crippen LogP) is 4.10. The molecule has 33 heavy (non-hydrogen) atoms. The third kappa shape index (κ3) is 4.72. The number of hydrogen-bond acceptors (Lipinski definition) is 5. The van der Waals surface area contributed by atoms with Crippen LogP contribution in [0.2, 0.25) is 0 Å². The van der Waals surface area contributed by atoms with Crippen LogP contribution in [-0.2, 0) is 6.54 Å². The summed E-state index contributed by atoms with van der Waals surface area (Å²) in [5.74, 6) is 0.420. The van der Waals surface area contributed by atoms with Crippen molar-refractivity contribution in [2.24, 2.45) is 0 Å². The molecule has 0 atom stereocenters. The smallest absolute Gasteiger partial charge is 0.319 e. The maximum atomic E-state index is 13.3. The van der Waals surface area contributed by atoms with Gasteiger partial charge in [-0.15, -0.1) is 0 Å². The van der Waals surface area contributed by atoms with Crippen molar-refractivity contribution < 1.29 is 9.72 Å². The molecule has 0 bridgehead atoms. The number of aromatic nitrogens is 2. The molecule has 0 saturated carbocycles. The van der Waals surface area contributed by atoms with Gasteiger partial charge in [-0.05, 0) is 24.6 Å². The van der Waals surface area contributed by atoms with Crippen molar-refractivity contribution in [2.75, 3.05) is 11.9 Å². The molecule has 1 aromatic heterocycles. The first-order valence-corrected chi connectivity index (χ1v) is 10.3. The molecule has 0 spiro atoms. The number of rotatable bonds is 6. The minimum atomic E-state index is -0.550. The van der Waals surface area contributed by atoms with Crippen LogP contribution in [0.3, 0.4) is 0 Å². The molecule has 2 N–H and O–H groups in total. The summed E-state index contributed by atoms with van der Waals surface area (Å²) in [6.45, 7) is 2.18. The Labute approximate surface area is 188 Å². The highest BCUT2D eigenvalue weighted by Gasteiger charge is 2.16. The third-order valence-corrected chi connectivity index (χ3v) is 5.19. The summed E-state index contributed by atoms with van der Waals surface area (Å²) in [6.07, 6.45) is 0. The molecule has 9 nitrogen and oxygen atoms in total. The topological polar surface area (TPSA) is 119 Å². The first-order valence-electron chi connectivity index (χ1n) is 10.3. The Morgan fingerprint density at radius 3 is 2.52 bits per heavy atom. The van der Waals surface area contributed by atoms with E-state index in [2.05, 4.69) is 15.6 Å². The second kappa shape index (κ2) is 9.31. The molecular weight excluding hydrogens is 422 g/mol. The molecule has 166 valence electrons. The monoisotopic (exact) mass is 443 g/mol. The fourth-order valence-electron chi connectivity index (χ4n) is 3.50. The molecule has 0 fully saturated rings. The quantitative estimate of drug-likeness (QED) is 0.343. The number of benzene rings is 3. The fourth-order valence-corrected chi connectivity index (χ4v) is 3.50. The first kappa shape index (κ1) is 21.7. The van der Waals surface area contributed by atoms with Gasteiger partial charge in [0.2, 0.25) is 0 Å². The van der Waals surface area contributed by atoms with Crippen LogP contribution in [0.4, 0.5) is 16.2 Å². The van der Waals surface area contributed by atoms with Gasteiger partial charge in [0.15, 0.2) is 0 Å². The van der Waals surface area contributed by atoms with E-state index < -0.39 is 16.5 Å². The summed E-state index contributed by atoms with van der Waals surface area (Å²) in [5.41, 5.74) is 2.11. The highest BCUT2D eigenvalue weighted by molar-refractivity contribution is 5.90. The van der Waals surface area contributed by atoms with Crippen LogP contribution >= 0.6 is 0 Å². The summed E-state index contributed by atoms with van der Waals surface area (Å²) in [7, 11) is 0. The second-order valence-electron chi connectivity index (χ2n) is 7.41. The SMILES string of the molecule is Cc1ccccc1NC(=O)NCCn1c(-c2ccccc2)nc2ccc([N+](=O)[O-])cc2c1=O. The van der Waals surface area contributed by atoms with E-state index in [1.807, 2.05) is 55.5 Å². The van der Waals surface area contributed by atoms with E-state index in [0.29, 0.717) is 17.0 Å². The van der Waals surface area contributed by atoms with Gasteiger partial charge in [-0.2, -0.15) is 0 Å². The molecule has 3 aromatic carbocycles. The number of nitrogens with zero attached hydrogens (tertiary/aromatic N) is 3. The van der Waals surface area contributed by atoms with Crippen LogP contribution in [0, 0.1) is 17.0 Å². The normalized spacial score (nSPS) is 10.7. The molecule has 0 unspecified atom stereocenters. The summed E-state index contributed by atoms with van der Waals surface area (Å²) in [5, 5.41) is 16.8. The molecule has 0 aliphatic heterocycles. The summed E-state index contributed by atoms with van der Waals surface area (Å²) >= 11 is 0. The minimum absolute atomic E-state index is 0.135. The van der Waals surface area contributed by atoms with Crippen LogP contribution in [-0.4, -0.2) is 27.1 Å². The summed E-state index contributed by atoms with van der Waals surface area (Å²) in [4.78, 5) is 40.8. The van der Waals surface area contributed by atoms with Gasteiger partial charge in [0.05, 0.1) is 15.8 Å². The lowest BCUT2D eigenvalue weighted by atomic mass is 10.1. The lowest BCUT2D eigenvalue weighted by molar-refractivity contribution is -0.384. The van der Waals surface area contributed by atoms with E-state index in [1.54, 1.807) is 6.07 Å². The molecule has 1 heterocycles. The predicted molar refractivity (Wildman–Crippen MR) is 126 cm³/mol. The Balaban J connectivity index is 1.64. The molecule has 0 aliphatic rings. The van der Waals surface area contributed by atoms with Crippen LogP contribution in [0.1, 0.15) is 5.56 Å². The van der Waals surface area contributed by atoms with Gasteiger partial charge in [0.1, 0.15) is 5.82 Å². The number of hydrogen-bond donors (Lipinski definition) is 2. The van der Waals surface area contributed by atoms with E-state index in [4.69, 9.17) is 0 Å². The highest BCUT2D eigenvalue weighted by Crippen LogP contribution is 2.21. The Morgan fingerprint density at radius 2 is 1.79 bits per heavy atom. The standard InChI is InChI=1S/C24H21N5O4/c1-16-7-5-6-10-20(16)27-24(31)25-13-14-28-22(17-8-3-2-4-9-17)26-21-12-11-18(29(32)33)15-19(21)23(28)30/h2-12,15H,13-14H2,1H3,(H2,25,27,31). The molecule has 0 saturated heterocycles. The number of nitrogens with one attached hydrogen (secondary N) is 2. The molecule has 0 radical (unpaired) electrons.